The fraction of sp³-hybridized carbons (Fsp3) is 0.250. The fourth-order valence-corrected chi connectivity index (χ4v) is 4.69. The molecule has 0 unspecified atom stereocenters. The van der Waals surface area contributed by atoms with E-state index in [2.05, 4.69) is 25.8 Å². The molecule has 1 atom stereocenters. The van der Waals surface area contributed by atoms with Crippen LogP contribution in [-0.2, 0) is 15.7 Å². The second kappa shape index (κ2) is 11.5. The zero-order valence-electron chi connectivity index (χ0n) is 22.7. The summed E-state index contributed by atoms with van der Waals surface area (Å²) in [5, 5.41) is 8.52. The second-order valence-electron chi connectivity index (χ2n) is 9.99. The topological polar surface area (TPSA) is 119 Å². The number of benzene rings is 2. The van der Waals surface area contributed by atoms with Gasteiger partial charge in [-0.25, -0.2) is 13.2 Å². The maximum absolute atomic E-state index is 15.4. The van der Waals surface area contributed by atoms with Gasteiger partial charge >= 0.3 is 6.18 Å². The van der Waals surface area contributed by atoms with Crippen LogP contribution in [0.15, 0.2) is 47.1 Å². The number of carbonyl (C=O) groups is 2. The van der Waals surface area contributed by atoms with Crippen LogP contribution in [0.5, 0.6) is 0 Å². The van der Waals surface area contributed by atoms with Crippen molar-refractivity contribution in [2.24, 2.45) is 0 Å². The molecule has 230 valence electrons. The molecule has 0 radical (unpaired) electrons. The Kier molecular flexibility index (Phi) is 8.11. The maximum Gasteiger partial charge on any atom is 0.416 e. The number of amides is 2. The first-order valence-electron chi connectivity index (χ1n) is 12.7. The van der Waals surface area contributed by atoms with Crippen LogP contribution in [0.4, 0.5) is 26.3 Å². The summed E-state index contributed by atoms with van der Waals surface area (Å²) in [6.07, 6.45) is -3.70. The molecule has 2 aromatic heterocycles. The van der Waals surface area contributed by atoms with Gasteiger partial charge in [0.05, 0.1) is 36.1 Å². The predicted octanol–water partition coefficient (Wildman–Crippen LogP) is 5.57. The van der Waals surface area contributed by atoms with Gasteiger partial charge in [-0.2, -0.15) is 18.2 Å². The number of carbonyl (C=O) groups excluding carboxylic acids is 2. The molecule has 1 saturated heterocycles. The normalized spacial score (nSPS) is 14.9. The number of hydrogen-bond acceptors (Lipinski definition) is 7. The Hall–Kier alpha value is -4.50. The van der Waals surface area contributed by atoms with E-state index in [1.807, 2.05) is 0 Å². The average Bonchev–Trinajstić information content (AvgIpc) is 3.34. The third-order valence-corrected chi connectivity index (χ3v) is 6.93. The smallest absolute Gasteiger partial charge is 0.375 e. The summed E-state index contributed by atoms with van der Waals surface area (Å²) >= 11 is 6.04. The third-order valence-electron chi connectivity index (χ3n) is 6.72. The van der Waals surface area contributed by atoms with Gasteiger partial charge in [-0.15, -0.1) is 0 Å². The predicted molar refractivity (Wildman–Crippen MR) is 142 cm³/mol. The lowest BCUT2D eigenvalue weighted by Crippen LogP contribution is -2.70. The quantitative estimate of drug-likeness (QED) is 0.254. The number of pyridine rings is 1. The van der Waals surface area contributed by atoms with Crippen molar-refractivity contribution in [1.82, 2.24) is 25.8 Å². The van der Waals surface area contributed by atoms with Gasteiger partial charge in [-0.3, -0.25) is 14.6 Å². The van der Waals surface area contributed by atoms with E-state index in [1.54, 1.807) is 0 Å². The van der Waals surface area contributed by atoms with Gasteiger partial charge in [-0.1, -0.05) is 16.8 Å². The van der Waals surface area contributed by atoms with Crippen molar-refractivity contribution in [1.29, 1.82) is 0 Å². The van der Waals surface area contributed by atoms with E-state index in [0.29, 0.717) is 12.1 Å². The summed E-state index contributed by atoms with van der Waals surface area (Å²) < 4.78 is 93.4. The lowest BCUT2D eigenvalue weighted by Gasteiger charge is -2.40. The second-order valence-corrected chi connectivity index (χ2v) is 10.4. The van der Waals surface area contributed by atoms with Gasteiger partial charge in [0, 0.05) is 29.3 Å². The number of rotatable bonds is 7. The molecule has 1 aliphatic heterocycles. The summed E-state index contributed by atoms with van der Waals surface area (Å²) in [4.78, 5) is 34.0. The SMILES string of the molecule is Cc1nc(-c2c(F)cc(Cl)cc2-c2cnc([C@@H](C)NC(=O)C3(NC(=O)c4cc(F)cc(C(F)(F)F)c4)COC3)c(F)c2)no1. The Labute approximate surface area is 249 Å². The van der Waals surface area contributed by atoms with E-state index in [1.165, 1.54) is 26.1 Å². The van der Waals surface area contributed by atoms with E-state index in [0.717, 1.165) is 12.1 Å². The molecule has 9 nitrogen and oxygen atoms in total. The van der Waals surface area contributed by atoms with Crippen molar-refractivity contribution in [2.45, 2.75) is 31.6 Å². The third kappa shape index (κ3) is 6.10. The van der Waals surface area contributed by atoms with E-state index in [-0.39, 0.29) is 58.4 Å². The Morgan fingerprint density at radius 1 is 1.05 bits per heavy atom. The minimum atomic E-state index is -4.91. The Morgan fingerprint density at radius 3 is 2.36 bits per heavy atom. The summed E-state index contributed by atoms with van der Waals surface area (Å²) in [5.74, 6) is -4.93. The van der Waals surface area contributed by atoms with Crippen LogP contribution < -0.4 is 10.6 Å². The number of aryl methyl sites for hydroxylation is 1. The number of alkyl halides is 3. The van der Waals surface area contributed by atoms with E-state index in [4.69, 9.17) is 20.9 Å². The van der Waals surface area contributed by atoms with Gasteiger partial charge in [0.25, 0.3) is 11.8 Å². The number of nitrogens with zero attached hydrogens (tertiary/aromatic N) is 3. The molecule has 3 heterocycles. The molecular weight excluding hydrogens is 620 g/mol. The molecule has 2 amide bonds. The minimum Gasteiger partial charge on any atom is -0.375 e. The first kappa shape index (κ1) is 30.9. The molecule has 0 bridgehead atoms. The Balaban J connectivity index is 1.36. The first-order valence-corrected chi connectivity index (χ1v) is 13.1. The monoisotopic (exact) mass is 639 g/mol. The molecule has 44 heavy (non-hydrogen) atoms. The van der Waals surface area contributed by atoms with Crippen molar-refractivity contribution in [3.63, 3.8) is 0 Å². The maximum atomic E-state index is 15.4. The zero-order valence-corrected chi connectivity index (χ0v) is 23.4. The van der Waals surface area contributed by atoms with E-state index in [9.17, 15) is 31.5 Å². The van der Waals surface area contributed by atoms with Crippen molar-refractivity contribution < 1.29 is 45.2 Å². The van der Waals surface area contributed by atoms with Crippen molar-refractivity contribution >= 4 is 23.4 Å². The van der Waals surface area contributed by atoms with Crippen molar-refractivity contribution in [2.75, 3.05) is 13.2 Å². The minimum absolute atomic E-state index is 0.00881. The molecule has 0 saturated carbocycles. The van der Waals surface area contributed by atoms with Crippen LogP contribution in [0.3, 0.4) is 0 Å². The molecule has 16 heteroatoms. The Bertz CT molecular complexity index is 1780. The summed E-state index contributed by atoms with van der Waals surface area (Å²) in [5.41, 5.74) is -3.90. The highest BCUT2D eigenvalue weighted by Gasteiger charge is 2.48. The van der Waals surface area contributed by atoms with Crippen molar-refractivity contribution in [3.05, 3.63) is 87.8 Å². The molecule has 1 aliphatic rings. The summed E-state index contributed by atoms with van der Waals surface area (Å²) in [7, 11) is 0. The molecule has 1 fully saturated rings. The van der Waals surface area contributed by atoms with E-state index < -0.39 is 58.1 Å². The highest BCUT2D eigenvalue weighted by atomic mass is 35.5. The van der Waals surface area contributed by atoms with E-state index >= 15 is 4.39 Å². The molecule has 5 rings (SSSR count). The zero-order chi connectivity index (χ0) is 32.0. The molecule has 2 N–H and O–H groups in total. The first-order chi connectivity index (χ1) is 20.7. The summed E-state index contributed by atoms with van der Waals surface area (Å²) in [6.45, 7) is 2.19. The fourth-order valence-electron chi connectivity index (χ4n) is 4.49. The van der Waals surface area contributed by atoms with Crippen LogP contribution in [0.2, 0.25) is 5.02 Å². The van der Waals surface area contributed by atoms with Crippen LogP contribution in [-0.4, -0.2) is 45.7 Å². The van der Waals surface area contributed by atoms with Gasteiger partial charge in [0.1, 0.15) is 17.5 Å². The lowest BCUT2D eigenvalue weighted by atomic mass is 9.94. The largest absolute Gasteiger partial charge is 0.416 e. The molecular formula is C28H20ClF6N5O4. The number of halogens is 7. The molecule has 2 aromatic carbocycles. The number of nitrogens with one attached hydrogen (secondary N) is 2. The average molecular weight is 640 g/mol. The lowest BCUT2D eigenvalue weighted by molar-refractivity contribution is -0.147. The van der Waals surface area contributed by atoms with Gasteiger partial charge in [-0.05, 0) is 48.9 Å². The molecule has 4 aromatic rings. The van der Waals surface area contributed by atoms with Gasteiger partial charge in [0.15, 0.2) is 5.54 Å². The standard InChI is InChI=1S/C28H20ClF6N5O4/c1-12(37-26(42)27(10-43-11-27)39-25(41)14-3-16(28(33,34)35)6-18(30)4-14)23-21(32)5-15(9-36-23)19-7-17(29)8-20(31)22(19)24-38-13(2)44-40-24/h3-9,12H,10-11H2,1-2H3,(H,37,42)(H,39,41)/t12-/m1/s1. The van der Waals surface area contributed by atoms with Crippen LogP contribution >= 0.6 is 11.6 Å². The Morgan fingerprint density at radius 2 is 1.77 bits per heavy atom. The van der Waals surface area contributed by atoms with Crippen LogP contribution in [0, 0.1) is 24.4 Å². The van der Waals surface area contributed by atoms with Gasteiger partial charge in [0.2, 0.25) is 11.7 Å². The number of ether oxygens (including phenoxy) is 1. The van der Waals surface area contributed by atoms with Crippen LogP contribution in [0.25, 0.3) is 22.5 Å². The molecule has 0 aliphatic carbocycles. The highest BCUT2D eigenvalue weighted by Crippen LogP contribution is 2.36. The number of aromatic nitrogens is 3. The van der Waals surface area contributed by atoms with Crippen LogP contribution in [0.1, 0.15) is 40.5 Å². The van der Waals surface area contributed by atoms with Gasteiger partial charge < -0.3 is 19.9 Å². The highest BCUT2D eigenvalue weighted by molar-refractivity contribution is 6.31. The molecule has 0 spiro atoms. The number of hydrogen-bond donors (Lipinski definition) is 2. The summed E-state index contributed by atoms with van der Waals surface area (Å²) in [6, 6.07) is 3.62. The van der Waals surface area contributed by atoms with Crippen molar-refractivity contribution in [3.8, 4) is 22.5 Å².